The molecule has 0 aliphatic carbocycles. The molecule has 0 spiro atoms. The Morgan fingerprint density at radius 1 is 1.67 bits per heavy atom. The summed E-state index contributed by atoms with van der Waals surface area (Å²) in [6, 6.07) is 0. The van der Waals surface area contributed by atoms with Crippen LogP contribution in [0.1, 0.15) is 5.82 Å². The lowest BCUT2D eigenvalue weighted by Crippen LogP contribution is -1.86. The third-order valence-corrected chi connectivity index (χ3v) is 1.59. The van der Waals surface area contributed by atoms with Crippen molar-refractivity contribution >= 4 is 24.2 Å². The van der Waals surface area contributed by atoms with Crippen LogP contribution in [0.25, 0.3) is 0 Å². The van der Waals surface area contributed by atoms with Crippen molar-refractivity contribution < 1.29 is 0 Å². The Morgan fingerprint density at radius 2 is 2.33 bits per heavy atom. The van der Waals surface area contributed by atoms with Crippen LogP contribution in [-0.2, 0) is 0 Å². The molecule has 1 aromatic heterocycles. The van der Waals surface area contributed by atoms with Crippen LogP contribution in [0.2, 0.25) is 5.15 Å². The van der Waals surface area contributed by atoms with Crippen molar-refractivity contribution in [2.24, 2.45) is 0 Å². The highest BCUT2D eigenvalue weighted by molar-refractivity contribution is 7.80. The number of hydrogen-bond acceptors (Lipinski definition) is 3. The third kappa shape index (κ3) is 1.56. The zero-order valence-corrected chi connectivity index (χ0v) is 6.45. The molecule has 0 amide bonds. The van der Waals surface area contributed by atoms with E-state index in [2.05, 4.69) is 22.6 Å². The minimum Gasteiger partial charge on any atom is -0.240 e. The summed E-state index contributed by atoms with van der Waals surface area (Å²) in [5, 5.41) is 0.408. The quantitative estimate of drug-likeness (QED) is 0.462. The standard InChI is InChI=1S/C5H5ClN2S/c1-3-7-2-4(9)5(6)8-3/h2,9H,1H3. The van der Waals surface area contributed by atoms with E-state index in [0.29, 0.717) is 15.9 Å². The van der Waals surface area contributed by atoms with E-state index in [9.17, 15) is 0 Å². The van der Waals surface area contributed by atoms with Crippen molar-refractivity contribution in [2.75, 3.05) is 0 Å². The van der Waals surface area contributed by atoms with Gasteiger partial charge in [-0.15, -0.1) is 12.6 Å². The number of nitrogens with zero attached hydrogens (tertiary/aromatic N) is 2. The van der Waals surface area contributed by atoms with Crippen LogP contribution < -0.4 is 0 Å². The van der Waals surface area contributed by atoms with Gasteiger partial charge in [0.1, 0.15) is 11.0 Å². The molecule has 1 heterocycles. The summed E-state index contributed by atoms with van der Waals surface area (Å²) in [5.41, 5.74) is 0. The monoisotopic (exact) mass is 160 g/mol. The molecular weight excluding hydrogens is 156 g/mol. The van der Waals surface area contributed by atoms with Gasteiger partial charge in [0.05, 0.1) is 4.90 Å². The van der Waals surface area contributed by atoms with Crippen LogP contribution in [0.15, 0.2) is 11.1 Å². The Hall–Kier alpha value is -0.280. The first-order chi connectivity index (χ1) is 4.20. The van der Waals surface area contributed by atoms with Gasteiger partial charge in [0, 0.05) is 6.20 Å². The van der Waals surface area contributed by atoms with E-state index >= 15 is 0 Å². The Bertz CT molecular complexity index is 226. The first kappa shape index (κ1) is 6.83. The second-order valence-corrected chi connectivity index (χ2v) is 2.43. The fraction of sp³-hybridized carbons (Fsp3) is 0.200. The largest absolute Gasteiger partial charge is 0.240 e. The average Bonchev–Trinajstić information content (AvgIpc) is 1.80. The molecule has 0 aromatic carbocycles. The highest BCUT2D eigenvalue weighted by Gasteiger charge is 1.95. The minimum atomic E-state index is 0.408. The number of thiol groups is 1. The van der Waals surface area contributed by atoms with E-state index in [1.807, 2.05) is 0 Å². The maximum atomic E-state index is 5.59. The summed E-state index contributed by atoms with van der Waals surface area (Å²) in [5.74, 6) is 0.665. The molecule has 4 heteroatoms. The van der Waals surface area contributed by atoms with Crippen molar-refractivity contribution in [1.29, 1.82) is 0 Å². The summed E-state index contributed by atoms with van der Waals surface area (Å²) in [6.45, 7) is 1.78. The summed E-state index contributed by atoms with van der Waals surface area (Å²) < 4.78 is 0. The number of rotatable bonds is 0. The van der Waals surface area contributed by atoms with E-state index in [0.717, 1.165) is 0 Å². The lowest BCUT2D eigenvalue weighted by Gasteiger charge is -1.93. The second-order valence-electron chi connectivity index (χ2n) is 1.59. The van der Waals surface area contributed by atoms with Crippen molar-refractivity contribution in [3.63, 3.8) is 0 Å². The lowest BCUT2D eigenvalue weighted by molar-refractivity contribution is 1.01. The SMILES string of the molecule is Cc1ncc(S)c(Cl)n1. The summed E-state index contributed by atoms with van der Waals surface area (Å²) in [7, 11) is 0. The average molecular weight is 161 g/mol. The third-order valence-electron chi connectivity index (χ3n) is 0.845. The molecule has 0 fully saturated rings. The molecule has 0 atom stereocenters. The molecule has 0 aliphatic heterocycles. The zero-order chi connectivity index (χ0) is 6.85. The van der Waals surface area contributed by atoms with Gasteiger partial charge in [0.2, 0.25) is 0 Å². The van der Waals surface area contributed by atoms with E-state index in [4.69, 9.17) is 11.6 Å². The van der Waals surface area contributed by atoms with E-state index < -0.39 is 0 Å². The molecule has 1 rings (SSSR count). The van der Waals surface area contributed by atoms with E-state index in [-0.39, 0.29) is 0 Å². The minimum absolute atomic E-state index is 0.408. The maximum Gasteiger partial charge on any atom is 0.146 e. The molecule has 2 nitrogen and oxygen atoms in total. The van der Waals surface area contributed by atoms with Crippen LogP contribution in [-0.4, -0.2) is 9.97 Å². The molecule has 0 radical (unpaired) electrons. The van der Waals surface area contributed by atoms with Crippen molar-refractivity contribution in [3.05, 3.63) is 17.2 Å². The van der Waals surface area contributed by atoms with Gasteiger partial charge < -0.3 is 0 Å². The molecule has 0 aliphatic rings. The first-order valence-electron chi connectivity index (χ1n) is 2.38. The van der Waals surface area contributed by atoms with Gasteiger partial charge in [-0.3, -0.25) is 0 Å². The fourth-order valence-corrected chi connectivity index (χ4v) is 0.715. The Kier molecular flexibility index (Phi) is 1.93. The summed E-state index contributed by atoms with van der Waals surface area (Å²) in [4.78, 5) is 8.33. The molecule has 1 aromatic rings. The highest BCUT2D eigenvalue weighted by Crippen LogP contribution is 2.14. The molecule has 9 heavy (non-hydrogen) atoms. The summed E-state index contributed by atoms with van der Waals surface area (Å²) in [6.07, 6.45) is 1.58. The van der Waals surface area contributed by atoms with Gasteiger partial charge in [0.15, 0.2) is 0 Å². The molecular formula is C5H5ClN2S. The van der Waals surface area contributed by atoms with Gasteiger partial charge >= 0.3 is 0 Å². The lowest BCUT2D eigenvalue weighted by atomic mass is 10.6. The molecule has 48 valence electrons. The topological polar surface area (TPSA) is 25.8 Å². The molecule has 0 saturated carbocycles. The van der Waals surface area contributed by atoms with Crippen LogP contribution in [0, 0.1) is 6.92 Å². The van der Waals surface area contributed by atoms with Gasteiger partial charge in [-0.25, -0.2) is 9.97 Å². The van der Waals surface area contributed by atoms with Crippen molar-refractivity contribution in [2.45, 2.75) is 11.8 Å². The second kappa shape index (κ2) is 2.54. The number of halogens is 1. The van der Waals surface area contributed by atoms with Crippen LogP contribution in [0.4, 0.5) is 0 Å². The normalized spacial score (nSPS) is 9.67. The highest BCUT2D eigenvalue weighted by atomic mass is 35.5. The predicted molar refractivity (Wildman–Crippen MR) is 39.0 cm³/mol. The number of aromatic nitrogens is 2. The van der Waals surface area contributed by atoms with Gasteiger partial charge in [-0.1, -0.05) is 11.6 Å². The van der Waals surface area contributed by atoms with Crippen LogP contribution in [0.5, 0.6) is 0 Å². The molecule has 0 saturated heterocycles. The van der Waals surface area contributed by atoms with Crippen molar-refractivity contribution in [3.8, 4) is 0 Å². The van der Waals surface area contributed by atoms with Gasteiger partial charge in [0.25, 0.3) is 0 Å². The Morgan fingerprint density at radius 3 is 2.78 bits per heavy atom. The van der Waals surface area contributed by atoms with Crippen molar-refractivity contribution in [1.82, 2.24) is 9.97 Å². The first-order valence-corrected chi connectivity index (χ1v) is 3.21. The number of aryl methyl sites for hydroxylation is 1. The predicted octanol–water partition coefficient (Wildman–Crippen LogP) is 1.73. The molecule has 0 bridgehead atoms. The van der Waals surface area contributed by atoms with E-state index in [1.165, 1.54) is 0 Å². The van der Waals surface area contributed by atoms with Gasteiger partial charge in [-0.2, -0.15) is 0 Å². The molecule has 0 unspecified atom stereocenters. The van der Waals surface area contributed by atoms with E-state index in [1.54, 1.807) is 13.1 Å². The smallest absolute Gasteiger partial charge is 0.146 e. The molecule has 0 N–H and O–H groups in total. The maximum absolute atomic E-state index is 5.59. The summed E-state index contributed by atoms with van der Waals surface area (Å²) >= 11 is 9.57. The number of hydrogen-bond donors (Lipinski definition) is 1. The van der Waals surface area contributed by atoms with Crippen LogP contribution in [0.3, 0.4) is 0 Å². The Labute approximate surface area is 63.7 Å². The zero-order valence-electron chi connectivity index (χ0n) is 4.80. The fourth-order valence-electron chi connectivity index (χ4n) is 0.436. The Balaban J connectivity index is 3.17. The van der Waals surface area contributed by atoms with Gasteiger partial charge in [-0.05, 0) is 6.92 Å². The van der Waals surface area contributed by atoms with Crippen LogP contribution >= 0.6 is 24.2 Å².